The van der Waals surface area contributed by atoms with Gasteiger partial charge in [0.25, 0.3) is 5.91 Å². The molecule has 2 N–H and O–H groups in total. The Morgan fingerprint density at radius 3 is 2.17 bits per heavy atom. The third kappa shape index (κ3) is 4.18. The highest BCUT2D eigenvalue weighted by Gasteiger charge is 2.20. The molecule has 0 aliphatic heterocycles. The van der Waals surface area contributed by atoms with E-state index in [9.17, 15) is 4.79 Å². The van der Waals surface area contributed by atoms with Crippen LogP contribution in [0.4, 0.5) is 0 Å². The standard InChI is InChI=1S/C14H24N2O2/c1-10(2)8-16(9-11(3)4)14(17)13-6-5-12(7-15)18-13/h5-6,10-11H,7-9,15H2,1-4H3. The van der Waals surface area contributed by atoms with Gasteiger partial charge in [-0.1, -0.05) is 27.7 Å². The van der Waals surface area contributed by atoms with E-state index in [0.717, 1.165) is 13.1 Å². The second kappa shape index (κ2) is 6.59. The third-order valence-corrected chi connectivity index (χ3v) is 2.53. The van der Waals surface area contributed by atoms with Crippen molar-refractivity contribution in [2.75, 3.05) is 13.1 Å². The van der Waals surface area contributed by atoms with Crippen LogP contribution in [0.1, 0.15) is 44.0 Å². The molecule has 102 valence electrons. The molecule has 1 aromatic heterocycles. The number of nitrogens with two attached hydrogens (primary N) is 1. The topological polar surface area (TPSA) is 59.5 Å². The fourth-order valence-electron chi connectivity index (χ4n) is 1.88. The lowest BCUT2D eigenvalue weighted by Crippen LogP contribution is -2.36. The van der Waals surface area contributed by atoms with Crippen molar-refractivity contribution in [1.82, 2.24) is 4.90 Å². The van der Waals surface area contributed by atoms with Crippen LogP contribution in [0.15, 0.2) is 16.5 Å². The Bertz CT molecular complexity index is 373. The molecule has 4 heteroatoms. The summed E-state index contributed by atoms with van der Waals surface area (Å²) < 4.78 is 5.42. The number of hydrogen-bond acceptors (Lipinski definition) is 3. The number of hydrogen-bond donors (Lipinski definition) is 1. The molecule has 1 heterocycles. The maximum Gasteiger partial charge on any atom is 0.289 e. The Morgan fingerprint density at radius 1 is 1.22 bits per heavy atom. The number of carbonyl (C=O) groups excluding carboxylic acids is 1. The van der Waals surface area contributed by atoms with Crippen LogP contribution in [0.3, 0.4) is 0 Å². The number of furan rings is 1. The van der Waals surface area contributed by atoms with Gasteiger partial charge in [-0.2, -0.15) is 0 Å². The van der Waals surface area contributed by atoms with Crippen molar-refractivity contribution < 1.29 is 9.21 Å². The van der Waals surface area contributed by atoms with E-state index in [0.29, 0.717) is 29.9 Å². The minimum Gasteiger partial charge on any atom is -0.455 e. The Balaban J connectivity index is 2.80. The van der Waals surface area contributed by atoms with E-state index in [2.05, 4.69) is 27.7 Å². The smallest absolute Gasteiger partial charge is 0.289 e. The SMILES string of the molecule is CC(C)CN(CC(C)C)C(=O)c1ccc(CN)o1. The van der Waals surface area contributed by atoms with Gasteiger partial charge in [-0.3, -0.25) is 4.79 Å². The Hall–Kier alpha value is -1.29. The summed E-state index contributed by atoms with van der Waals surface area (Å²) in [7, 11) is 0. The van der Waals surface area contributed by atoms with Crippen LogP contribution >= 0.6 is 0 Å². The highest BCUT2D eigenvalue weighted by atomic mass is 16.4. The lowest BCUT2D eigenvalue weighted by molar-refractivity contribution is 0.0681. The monoisotopic (exact) mass is 252 g/mol. The number of amides is 1. The number of rotatable bonds is 6. The van der Waals surface area contributed by atoms with Crippen LogP contribution in [0.5, 0.6) is 0 Å². The highest BCUT2D eigenvalue weighted by Crippen LogP contribution is 2.13. The molecule has 0 fully saturated rings. The van der Waals surface area contributed by atoms with Crippen LogP contribution in [0, 0.1) is 11.8 Å². The molecule has 0 aliphatic carbocycles. The Labute approximate surface area is 109 Å². The van der Waals surface area contributed by atoms with Gasteiger partial charge in [0.1, 0.15) is 5.76 Å². The van der Waals surface area contributed by atoms with Gasteiger partial charge in [0.15, 0.2) is 5.76 Å². The third-order valence-electron chi connectivity index (χ3n) is 2.53. The molecule has 0 radical (unpaired) electrons. The predicted molar refractivity (Wildman–Crippen MR) is 72.2 cm³/mol. The summed E-state index contributed by atoms with van der Waals surface area (Å²) in [6.07, 6.45) is 0. The molecular formula is C14H24N2O2. The normalized spacial score (nSPS) is 11.3. The largest absolute Gasteiger partial charge is 0.455 e. The zero-order chi connectivity index (χ0) is 13.7. The molecule has 18 heavy (non-hydrogen) atoms. The van der Waals surface area contributed by atoms with Crippen molar-refractivity contribution in [3.05, 3.63) is 23.7 Å². The molecule has 0 atom stereocenters. The van der Waals surface area contributed by atoms with E-state index in [-0.39, 0.29) is 5.91 Å². The van der Waals surface area contributed by atoms with Gasteiger partial charge in [-0.25, -0.2) is 0 Å². The van der Waals surface area contributed by atoms with E-state index in [1.165, 1.54) is 0 Å². The zero-order valence-electron chi connectivity index (χ0n) is 11.8. The lowest BCUT2D eigenvalue weighted by atomic mass is 10.1. The molecule has 0 bridgehead atoms. The van der Waals surface area contributed by atoms with Gasteiger partial charge in [0.2, 0.25) is 0 Å². The highest BCUT2D eigenvalue weighted by molar-refractivity contribution is 5.91. The average Bonchev–Trinajstić information content (AvgIpc) is 2.74. The van der Waals surface area contributed by atoms with Crippen molar-refractivity contribution in [3.63, 3.8) is 0 Å². The van der Waals surface area contributed by atoms with Crippen LogP contribution in [-0.2, 0) is 6.54 Å². The molecule has 1 aromatic rings. The fourth-order valence-corrected chi connectivity index (χ4v) is 1.88. The van der Waals surface area contributed by atoms with Crippen molar-refractivity contribution in [2.45, 2.75) is 34.2 Å². The zero-order valence-corrected chi connectivity index (χ0v) is 11.8. The number of carbonyl (C=O) groups is 1. The minimum absolute atomic E-state index is 0.0444. The summed E-state index contributed by atoms with van der Waals surface area (Å²) in [5.41, 5.74) is 5.48. The summed E-state index contributed by atoms with van der Waals surface area (Å²) in [6.45, 7) is 10.2. The molecule has 0 aliphatic rings. The second-order valence-corrected chi connectivity index (χ2v) is 5.47. The summed E-state index contributed by atoms with van der Waals surface area (Å²) in [5.74, 6) is 1.87. The van der Waals surface area contributed by atoms with Crippen molar-refractivity contribution in [3.8, 4) is 0 Å². The quantitative estimate of drug-likeness (QED) is 0.846. The molecule has 4 nitrogen and oxygen atoms in total. The first-order valence-electron chi connectivity index (χ1n) is 6.52. The second-order valence-electron chi connectivity index (χ2n) is 5.47. The van der Waals surface area contributed by atoms with Gasteiger partial charge in [0, 0.05) is 13.1 Å². The van der Waals surface area contributed by atoms with Gasteiger partial charge < -0.3 is 15.1 Å². The molecule has 1 rings (SSSR count). The van der Waals surface area contributed by atoms with Crippen molar-refractivity contribution in [2.24, 2.45) is 17.6 Å². The van der Waals surface area contributed by atoms with E-state index < -0.39 is 0 Å². The molecule has 0 aromatic carbocycles. The molecule has 0 unspecified atom stereocenters. The Kier molecular flexibility index (Phi) is 5.41. The first-order valence-corrected chi connectivity index (χ1v) is 6.52. The van der Waals surface area contributed by atoms with E-state index in [1.807, 2.05) is 4.90 Å². The van der Waals surface area contributed by atoms with Crippen LogP contribution < -0.4 is 5.73 Å². The Morgan fingerprint density at radius 2 is 1.78 bits per heavy atom. The first kappa shape index (κ1) is 14.8. The molecule has 0 spiro atoms. The maximum atomic E-state index is 12.3. The molecule has 0 saturated carbocycles. The van der Waals surface area contributed by atoms with Crippen LogP contribution in [-0.4, -0.2) is 23.9 Å². The fraction of sp³-hybridized carbons (Fsp3) is 0.643. The van der Waals surface area contributed by atoms with Crippen LogP contribution in [0.2, 0.25) is 0 Å². The summed E-state index contributed by atoms with van der Waals surface area (Å²) in [6, 6.07) is 3.47. The van der Waals surface area contributed by atoms with Gasteiger partial charge in [-0.05, 0) is 24.0 Å². The van der Waals surface area contributed by atoms with Crippen molar-refractivity contribution >= 4 is 5.91 Å². The van der Waals surface area contributed by atoms with Crippen LogP contribution in [0.25, 0.3) is 0 Å². The summed E-state index contributed by atoms with van der Waals surface area (Å²) in [5, 5.41) is 0. The lowest BCUT2D eigenvalue weighted by Gasteiger charge is -2.25. The van der Waals surface area contributed by atoms with Gasteiger partial charge >= 0.3 is 0 Å². The average molecular weight is 252 g/mol. The van der Waals surface area contributed by atoms with Crippen molar-refractivity contribution in [1.29, 1.82) is 0 Å². The van der Waals surface area contributed by atoms with E-state index in [1.54, 1.807) is 12.1 Å². The molecule has 1 amide bonds. The summed E-state index contributed by atoms with van der Waals surface area (Å²) in [4.78, 5) is 14.2. The van der Waals surface area contributed by atoms with E-state index in [4.69, 9.17) is 10.2 Å². The predicted octanol–water partition coefficient (Wildman–Crippen LogP) is 2.49. The maximum absolute atomic E-state index is 12.3. The van der Waals surface area contributed by atoms with E-state index >= 15 is 0 Å². The van der Waals surface area contributed by atoms with Gasteiger partial charge in [0.05, 0.1) is 6.54 Å². The number of nitrogens with zero attached hydrogens (tertiary/aromatic N) is 1. The first-order chi connectivity index (χ1) is 8.43. The molecular weight excluding hydrogens is 228 g/mol. The van der Waals surface area contributed by atoms with Gasteiger partial charge in [-0.15, -0.1) is 0 Å². The summed E-state index contributed by atoms with van der Waals surface area (Å²) >= 11 is 0. The molecule has 0 saturated heterocycles. The minimum atomic E-state index is -0.0444.